The van der Waals surface area contributed by atoms with Crippen molar-refractivity contribution < 1.29 is 19.1 Å². The minimum atomic E-state index is -0.499. The van der Waals surface area contributed by atoms with Crippen LogP contribution >= 0.6 is 0 Å². The van der Waals surface area contributed by atoms with Crippen LogP contribution in [0.25, 0.3) is 0 Å². The first-order chi connectivity index (χ1) is 12.2. The minimum Gasteiger partial charge on any atom is -0.444 e. The number of rotatable bonds is 1. The van der Waals surface area contributed by atoms with Crippen molar-refractivity contribution in [3.05, 3.63) is 0 Å². The Kier molecular flexibility index (Phi) is 5.03. The van der Waals surface area contributed by atoms with E-state index in [0.717, 1.165) is 19.3 Å². The standard InChI is InChI=1S/C18H30N4O4/c1-12(23)21-10-7-15-14(11-21)19-16(24)22(15)13-5-8-20(9-6-13)17(25)26-18(2,3)4/h13-15H,5-11H2,1-4H3,(H,19,24). The number of amides is 4. The second-order valence-corrected chi connectivity index (χ2v) is 8.48. The van der Waals surface area contributed by atoms with Crippen molar-refractivity contribution in [2.24, 2.45) is 0 Å². The Morgan fingerprint density at radius 3 is 2.27 bits per heavy atom. The molecule has 1 N–H and O–H groups in total. The topological polar surface area (TPSA) is 82.2 Å². The number of hydrogen-bond donors (Lipinski definition) is 1. The highest BCUT2D eigenvalue weighted by atomic mass is 16.6. The SMILES string of the molecule is CC(=O)N1CCC2C(C1)NC(=O)N2C1CCN(C(=O)OC(C)(C)C)CC1. The molecule has 0 saturated carbocycles. The number of urea groups is 1. The third kappa shape index (κ3) is 3.88. The van der Waals surface area contributed by atoms with Gasteiger partial charge in [0, 0.05) is 39.1 Å². The quantitative estimate of drug-likeness (QED) is 0.760. The van der Waals surface area contributed by atoms with Crippen LogP contribution in [-0.2, 0) is 9.53 Å². The Balaban J connectivity index is 1.57. The average Bonchev–Trinajstić information content (AvgIpc) is 2.88. The van der Waals surface area contributed by atoms with Crippen molar-refractivity contribution in [3.63, 3.8) is 0 Å². The number of ether oxygens (including phenoxy) is 1. The summed E-state index contributed by atoms with van der Waals surface area (Å²) in [5, 5.41) is 3.04. The molecule has 4 amide bonds. The Hall–Kier alpha value is -1.99. The van der Waals surface area contributed by atoms with E-state index in [9.17, 15) is 14.4 Å². The molecule has 0 bridgehead atoms. The molecule has 3 aliphatic rings. The predicted molar refractivity (Wildman–Crippen MR) is 95.6 cm³/mol. The number of hydrogen-bond acceptors (Lipinski definition) is 4. The number of fused-ring (bicyclic) bond motifs is 1. The molecule has 0 aromatic rings. The summed E-state index contributed by atoms with van der Waals surface area (Å²) in [7, 11) is 0. The maximum absolute atomic E-state index is 12.5. The van der Waals surface area contributed by atoms with Crippen LogP contribution < -0.4 is 5.32 Å². The van der Waals surface area contributed by atoms with Crippen LogP contribution in [-0.4, -0.2) is 82.6 Å². The van der Waals surface area contributed by atoms with Gasteiger partial charge in [-0.25, -0.2) is 9.59 Å². The lowest BCUT2D eigenvalue weighted by Gasteiger charge is -2.42. The van der Waals surface area contributed by atoms with Crippen molar-refractivity contribution >= 4 is 18.0 Å². The van der Waals surface area contributed by atoms with Gasteiger partial charge in [0.1, 0.15) is 5.60 Å². The van der Waals surface area contributed by atoms with Crippen LogP contribution in [0.4, 0.5) is 9.59 Å². The lowest BCUT2D eigenvalue weighted by atomic mass is 9.96. The van der Waals surface area contributed by atoms with Gasteiger partial charge in [-0.05, 0) is 40.0 Å². The maximum atomic E-state index is 12.5. The van der Waals surface area contributed by atoms with Crippen LogP contribution in [0.2, 0.25) is 0 Å². The van der Waals surface area contributed by atoms with Crippen molar-refractivity contribution in [2.45, 2.75) is 70.7 Å². The molecule has 0 radical (unpaired) electrons. The van der Waals surface area contributed by atoms with Gasteiger partial charge in [0.2, 0.25) is 5.91 Å². The zero-order chi connectivity index (χ0) is 19.1. The van der Waals surface area contributed by atoms with Crippen LogP contribution in [0.1, 0.15) is 47.0 Å². The number of carbonyl (C=O) groups is 3. The molecule has 8 nitrogen and oxygen atoms in total. The molecular weight excluding hydrogens is 336 g/mol. The molecule has 0 aromatic heterocycles. The molecule has 2 unspecified atom stereocenters. The van der Waals surface area contributed by atoms with Gasteiger partial charge in [-0.1, -0.05) is 0 Å². The Morgan fingerprint density at radius 2 is 1.69 bits per heavy atom. The minimum absolute atomic E-state index is 0.00374. The summed E-state index contributed by atoms with van der Waals surface area (Å²) in [6.07, 6.45) is 2.03. The largest absolute Gasteiger partial charge is 0.444 e. The van der Waals surface area contributed by atoms with E-state index in [4.69, 9.17) is 4.74 Å². The van der Waals surface area contributed by atoms with Gasteiger partial charge < -0.3 is 24.8 Å². The van der Waals surface area contributed by atoms with E-state index < -0.39 is 5.60 Å². The number of nitrogens with one attached hydrogen (secondary N) is 1. The summed E-state index contributed by atoms with van der Waals surface area (Å²) < 4.78 is 5.44. The highest BCUT2D eigenvalue weighted by Gasteiger charge is 2.46. The highest BCUT2D eigenvalue weighted by Crippen LogP contribution is 2.29. The fourth-order valence-electron chi connectivity index (χ4n) is 4.17. The van der Waals surface area contributed by atoms with E-state index in [-0.39, 0.29) is 36.2 Å². The Bertz CT molecular complexity index is 580. The lowest BCUT2D eigenvalue weighted by molar-refractivity contribution is -0.130. The van der Waals surface area contributed by atoms with Crippen molar-refractivity contribution in [3.8, 4) is 0 Å². The lowest BCUT2D eigenvalue weighted by Crippen LogP contribution is -2.55. The molecule has 3 heterocycles. The van der Waals surface area contributed by atoms with E-state index in [2.05, 4.69) is 5.32 Å². The van der Waals surface area contributed by atoms with E-state index in [1.54, 1.807) is 16.7 Å². The van der Waals surface area contributed by atoms with Crippen LogP contribution in [0.15, 0.2) is 0 Å². The molecule has 146 valence electrons. The molecule has 3 aliphatic heterocycles. The number of piperidine rings is 2. The zero-order valence-corrected chi connectivity index (χ0v) is 16.2. The first-order valence-corrected chi connectivity index (χ1v) is 9.48. The van der Waals surface area contributed by atoms with Gasteiger partial charge in [-0.3, -0.25) is 4.79 Å². The first-order valence-electron chi connectivity index (χ1n) is 9.48. The summed E-state index contributed by atoms with van der Waals surface area (Å²) in [4.78, 5) is 41.8. The normalized spacial score (nSPS) is 27.2. The van der Waals surface area contributed by atoms with E-state index in [1.165, 1.54) is 0 Å². The van der Waals surface area contributed by atoms with Gasteiger partial charge >= 0.3 is 12.1 Å². The number of nitrogens with zero attached hydrogens (tertiary/aromatic N) is 3. The molecule has 0 spiro atoms. The predicted octanol–water partition coefficient (Wildman–Crippen LogP) is 1.40. The third-order valence-electron chi connectivity index (χ3n) is 5.43. The molecule has 3 saturated heterocycles. The van der Waals surface area contributed by atoms with Crippen molar-refractivity contribution in [1.29, 1.82) is 0 Å². The molecule has 3 rings (SSSR count). The van der Waals surface area contributed by atoms with Crippen LogP contribution in [0.5, 0.6) is 0 Å². The van der Waals surface area contributed by atoms with E-state index >= 15 is 0 Å². The average molecular weight is 366 g/mol. The van der Waals surface area contributed by atoms with Gasteiger partial charge in [-0.15, -0.1) is 0 Å². The Morgan fingerprint density at radius 1 is 1.08 bits per heavy atom. The van der Waals surface area contributed by atoms with Gasteiger partial charge in [0.25, 0.3) is 0 Å². The highest BCUT2D eigenvalue weighted by molar-refractivity contribution is 5.79. The van der Waals surface area contributed by atoms with Gasteiger partial charge in [0.05, 0.1) is 12.1 Å². The number of carbonyl (C=O) groups excluding carboxylic acids is 3. The summed E-state index contributed by atoms with van der Waals surface area (Å²) in [6.45, 7) is 9.62. The monoisotopic (exact) mass is 366 g/mol. The summed E-state index contributed by atoms with van der Waals surface area (Å²) in [5.41, 5.74) is -0.499. The van der Waals surface area contributed by atoms with Crippen molar-refractivity contribution in [2.75, 3.05) is 26.2 Å². The first kappa shape index (κ1) is 18.8. The van der Waals surface area contributed by atoms with Crippen LogP contribution in [0, 0.1) is 0 Å². The second-order valence-electron chi connectivity index (χ2n) is 8.48. The zero-order valence-electron chi connectivity index (χ0n) is 16.2. The number of likely N-dealkylation sites (tertiary alicyclic amines) is 2. The fourth-order valence-corrected chi connectivity index (χ4v) is 4.17. The molecule has 0 aromatic carbocycles. The smallest absolute Gasteiger partial charge is 0.410 e. The molecule has 26 heavy (non-hydrogen) atoms. The van der Waals surface area contributed by atoms with Gasteiger partial charge in [0.15, 0.2) is 0 Å². The third-order valence-corrected chi connectivity index (χ3v) is 5.43. The Labute approximate surface area is 154 Å². The molecular formula is C18H30N4O4. The van der Waals surface area contributed by atoms with Crippen LogP contribution in [0.3, 0.4) is 0 Å². The molecule has 0 aliphatic carbocycles. The molecule has 2 atom stereocenters. The maximum Gasteiger partial charge on any atom is 0.410 e. The van der Waals surface area contributed by atoms with E-state index in [1.807, 2.05) is 25.7 Å². The van der Waals surface area contributed by atoms with Gasteiger partial charge in [-0.2, -0.15) is 0 Å². The summed E-state index contributed by atoms with van der Waals surface area (Å²) >= 11 is 0. The molecule has 8 heteroatoms. The van der Waals surface area contributed by atoms with E-state index in [0.29, 0.717) is 26.2 Å². The summed E-state index contributed by atoms with van der Waals surface area (Å²) in [5.74, 6) is 0.0572. The van der Waals surface area contributed by atoms with Crippen molar-refractivity contribution in [1.82, 2.24) is 20.0 Å². The fraction of sp³-hybridized carbons (Fsp3) is 0.833. The second kappa shape index (κ2) is 6.96. The molecule has 3 fully saturated rings. The summed E-state index contributed by atoms with van der Waals surface area (Å²) in [6, 6.07) is 0.230.